The summed E-state index contributed by atoms with van der Waals surface area (Å²) >= 11 is 0. The minimum absolute atomic E-state index is 0.571. The summed E-state index contributed by atoms with van der Waals surface area (Å²) in [5.41, 5.74) is 13.2. The monoisotopic (exact) mass is 703 g/mol. The van der Waals surface area contributed by atoms with Gasteiger partial charge in [0.25, 0.3) is 0 Å². The van der Waals surface area contributed by atoms with E-state index in [9.17, 15) is 0 Å². The van der Waals surface area contributed by atoms with E-state index in [4.69, 9.17) is 19.4 Å². The zero-order valence-corrected chi connectivity index (χ0v) is 29.8. The molecular weight excluding hydrogens is 671 g/mol. The molecule has 4 heteroatoms. The average Bonchev–Trinajstić information content (AvgIpc) is 3.66. The normalized spacial score (nSPS) is 11.3. The van der Waals surface area contributed by atoms with Gasteiger partial charge in [-0.25, -0.2) is 15.0 Å². The molecule has 10 aromatic rings. The van der Waals surface area contributed by atoms with Gasteiger partial charge >= 0.3 is 0 Å². The molecule has 0 unspecified atom stereocenters. The summed E-state index contributed by atoms with van der Waals surface area (Å²) in [7, 11) is 0. The highest BCUT2D eigenvalue weighted by molar-refractivity contribution is 6.13. The molecule has 0 aliphatic rings. The number of furan rings is 1. The predicted octanol–water partition coefficient (Wildman–Crippen LogP) is 13.4. The van der Waals surface area contributed by atoms with Crippen molar-refractivity contribution in [2.75, 3.05) is 0 Å². The molecule has 10 rings (SSSR count). The Morgan fingerprint density at radius 3 is 1.31 bits per heavy atom. The molecule has 0 amide bonds. The van der Waals surface area contributed by atoms with Crippen molar-refractivity contribution in [2.24, 2.45) is 0 Å². The molecule has 0 radical (unpaired) electrons. The topological polar surface area (TPSA) is 51.8 Å². The van der Waals surface area contributed by atoms with Crippen LogP contribution in [0, 0.1) is 0 Å². The summed E-state index contributed by atoms with van der Waals surface area (Å²) in [6.45, 7) is 0. The van der Waals surface area contributed by atoms with Gasteiger partial charge in [0.05, 0.1) is 0 Å². The SMILES string of the molecule is c1ccc(-c2cccc(-c3nc(-c4cc(-c5ccccc5)cc(-c5ccccc5)c4)nc(-c4ccc5c(c4)oc4cccc(-c6ccccc6)c45)n3)c2)cc1. The maximum atomic E-state index is 6.53. The summed E-state index contributed by atoms with van der Waals surface area (Å²) in [4.78, 5) is 15.6. The zero-order valence-electron chi connectivity index (χ0n) is 29.8. The van der Waals surface area contributed by atoms with E-state index in [0.29, 0.717) is 17.5 Å². The summed E-state index contributed by atoms with van der Waals surface area (Å²) in [6, 6.07) is 69.3. The quantitative estimate of drug-likeness (QED) is 0.166. The molecule has 2 heterocycles. The van der Waals surface area contributed by atoms with E-state index in [1.54, 1.807) is 0 Å². The Labute approximate surface area is 319 Å². The second-order valence-electron chi connectivity index (χ2n) is 13.6. The van der Waals surface area contributed by atoms with Crippen molar-refractivity contribution in [2.45, 2.75) is 0 Å². The zero-order chi connectivity index (χ0) is 36.6. The third kappa shape index (κ3) is 6.26. The third-order valence-electron chi connectivity index (χ3n) is 10.1. The van der Waals surface area contributed by atoms with E-state index in [-0.39, 0.29) is 0 Å². The van der Waals surface area contributed by atoms with Crippen LogP contribution in [-0.2, 0) is 0 Å². The molecule has 0 bridgehead atoms. The molecule has 0 fully saturated rings. The van der Waals surface area contributed by atoms with Crippen LogP contribution in [0.25, 0.3) is 101 Å². The summed E-state index contributed by atoms with van der Waals surface area (Å²) in [5.74, 6) is 1.76. The van der Waals surface area contributed by atoms with Crippen LogP contribution in [0.3, 0.4) is 0 Å². The highest BCUT2D eigenvalue weighted by Crippen LogP contribution is 2.39. The number of hydrogen-bond acceptors (Lipinski definition) is 4. The summed E-state index contributed by atoms with van der Waals surface area (Å²) < 4.78 is 6.53. The molecule has 0 N–H and O–H groups in total. The molecule has 258 valence electrons. The lowest BCUT2D eigenvalue weighted by Crippen LogP contribution is -2.01. The first-order valence-corrected chi connectivity index (χ1v) is 18.4. The second-order valence-corrected chi connectivity index (χ2v) is 13.6. The predicted molar refractivity (Wildman–Crippen MR) is 225 cm³/mol. The molecule has 0 saturated heterocycles. The van der Waals surface area contributed by atoms with E-state index in [2.05, 4.69) is 170 Å². The first-order chi connectivity index (χ1) is 27.2. The van der Waals surface area contributed by atoms with E-state index in [0.717, 1.165) is 83.1 Å². The Balaban J connectivity index is 1.17. The Morgan fingerprint density at radius 2 is 0.709 bits per heavy atom. The minimum atomic E-state index is 0.571. The molecule has 2 aromatic heterocycles. The van der Waals surface area contributed by atoms with E-state index in [1.165, 1.54) is 0 Å². The number of benzene rings is 8. The highest BCUT2D eigenvalue weighted by Gasteiger charge is 2.18. The summed E-state index contributed by atoms with van der Waals surface area (Å²) in [5, 5.41) is 2.14. The number of hydrogen-bond donors (Lipinski definition) is 0. The van der Waals surface area contributed by atoms with Crippen molar-refractivity contribution in [3.63, 3.8) is 0 Å². The second kappa shape index (κ2) is 13.8. The van der Waals surface area contributed by atoms with Crippen LogP contribution in [0.5, 0.6) is 0 Å². The highest BCUT2D eigenvalue weighted by atomic mass is 16.3. The van der Waals surface area contributed by atoms with Crippen LogP contribution < -0.4 is 0 Å². The van der Waals surface area contributed by atoms with Crippen molar-refractivity contribution >= 4 is 21.9 Å². The van der Waals surface area contributed by atoms with Gasteiger partial charge in [0.2, 0.25) is 0 Å². The fourth-order valence-corrected chi connectivity index (χ4v) is 7.41. The fourth-order valence-electron chi connectivity index (χ4n) is 7.41. The van der Waals surface area contributed by atoms with Crippen LogP contribution in [-0.4, -0.2) is 15.0 Å². The molecule has 0 atom stereocenters. The lowest BCUT2D eigenvalue weighted by atomic mass is 9.96. The fraction of sp³-hybridized carbons (Fsp3) is 0. The Kier molecular flexibility index (Phi) is 8.12. The van der Waals surface area contributed by atoms with Crippen LogP contribution in [0.4, 0.5) is 0 Å². The molecule has 4 nitrogen and oxygen atoms in total. The van der Waals surface area contributed by atoms with Gasteiger partial charge in [0.15, 0.2) is 17.5 Å². The van der Waals surface area contributed by atoms with Crippen molar-refractivity contribution in [1.82, 2.24) is 15.0 Å². The van der Waals surface area contributed by atoms with Crippen LogP contribution >= 0.6 is 0 Å². The van der Waals surface area contributed by atoms with Gasteiger partial charge < -0.3 is 4.42 Å². The van der Waals surface area contributed by atoms with Crippen molar-refractivity contribution in [1.29, 1.82) is 0 Å². The van der Waals surface area contributed by atoms with E-state index in [1.807, 2.05) is 30.3 Å². The number of nitrogens with zero attached hydrogens (tertiary/aromatic N) is 3. The lowest BCUT2D eigenvalue weighted by molar-refractivity contribution is 0.669. The number of rotatable bonds is 7. The van der Waals surface area contributed by atoms with Gasteiger partial charge in [-0.05, 0) is 87.0 Å². The first-order valence-electron chi connectivity index (χ1n) is 18.4. The summed E-state index contributed by atoms with van der Waals surface area (Å²) in [6.07, 6.45) is 0. The lowest BCUT2D eigenvalue weighted by Gasteiger charge is -2.13. The van der Waals surface area contributed by atoms with Crippen molar-refractivity contribution in [3.05, 3.63) is 200 Å². The van der Waals surface area contributed by atoms with Crippen molar-refractivity contribution < 1.29 is 4.42 Å². The molecule has 0 aliphatic heterocycles. The molecule has 0 aliphatic carbocycles. The Morgan fingerprint density at radius 1 is 0.273 bits per heavy atom. The average molecular weight is 704 g/mol. The van der Waals surface area contributed by atoms with Gasteiger partial charge in [-0.2, -0.15) is 0 Å². The van der Waals surface area contributed by atoms with Crippen LogP contribution in [0.2, 0.25) is 0 Å². The Hall–Kier alpha value is -7.43. The maximum absolute atomic E-state index is 6.53. The number of aromatic nitrogens is 3. The van der Waals surface area contributed by atoms with E-state index >= 15 is 0 Å². The number of fused-ring (bicyclic) bond motifs is 3. The van der Waals surface area contributed by atoms with Crippen LogP contribution in [0.15, 0.2) is 205 Å². The van der Waals surface area contributed by atoms with E-state index < -0.39 is 0 Å². The standard InChI is InChI=1S/C51H33N3O/c1-5-15-34(16-6-1)38-23-13-24-39(29-38)49-52-50(40-27-28-45-47(33-40)55-46-26-14-25-44(48(45)46)37-21-11-4-12-22-37)54-51(53-49)43-31-41(35-17-7-2-8-18-35)30-42(32-43)36-19-9-3-10-20-36/h1-33H. The van der Waals surface area contributed by atoms with Crippen LogP contribution in [0.1, 0.15) is 0 Å². The largest absolute Gasteiger partial charge is 0.456 e. The molecule has 0 spiro atoms. The smallest absolute Gasteiger partial charge is 0.164 e. The molecule has 8 aromatic carbocycles. The van der Waals surface area contributed by atoms with Gasteiger partial charge in [-0.3, -0.25) is 0 Å². The van der Waals surface area contributed by atoms with Gasteiger partial charge in [-0.1, -0.05) is 158 Å². The minimum Gasteiger partial charge on any atom is -0.456 e. The van der Waals surface area contributed by atoms with Gasteiger partial charge in [0.1, 0.15) is 11.2 Å². The maximum Gasteiger partial charge on any atom is 0.164 e. The molecular formula is C51H33N3O. The Bertz CT molecular complexity index is 2900. The van der Waals surface area contributed by atoms with Crippen molar-refractivity contribution in [3.8, 4) is 78.7 Å². The molecule has 55 heavy (non-hydrogen) atoms. The molecule has 0 saturated carbocycles. The van der Waals surface area contributed by atoms with Gasteiger partial charge in [0, 0.05) is 27.5 Å². The first kappa shape index (κ1) is 32.2. The third-order valence-corrected chi connectivity index (χ3v) is 10.1. The van der Waals surface area contributed by atoms with Gasteiger partial charge in [-0.15, -0.1) is 0 Å².